The molecule has 0 bridgehead atoms. The first-order valence-corrected chi connectivity index (χ1v) is 41.7. The average Bonchev–Trinajstić information content (AvgIpc) is 0.919. The Hall–Kier alpha value is -5.32. The molecule has 5 atom stereocenters. The second-order valence-electron chi connectivity index (χ2n) is 25.2. The highest BCUT2D eigenvalue weighted by atomic mass is 31.2. The summed E-state index contributed by atoms with van der Waals surface area (Å²) in [7, 11) is -10.0. The number of unbranched alkanes of at least 4 members (excludes halogenated alkanes) is 20. The Labute approximate surface area is 617 Å². The third-order valence-corrected chi connectivity index (χ3v) is 17.4. The number of carbonyl (C=O) groups is 4. The molecule has 0 rings (SSSR count). The summed E-state index contributed by atoms with van der Waals surface area (Å²) in [6.45, 7) is 4.34. The van der Waals surface area contributed by atoms with Gasteiger partial charge in [-0.15, -0.1) is 0 Å². The fourth-order valence-corrected chi connectivity index (χ4v) is 11.3. The van der Waals surface area contributed by atoms with Crippen LogP contribution in [0.2, 0.25) is 0 Å². The minimum atomic E-state index is -5.01. The lowest BCUT2D eigenvalue weighted by molar-refractivity contribution is -0.161. The minimum Gasteiger partial charge on any atom is -0.462 e. The summed E-state index contributed by atoms with van der Waals surface area (Å²) < 4.78 is 68.4. The fourth-order valence-electron chi connectivity index (χ4n) is 9.71. The minimum absolute atomic E-state index is 0.0741. The van der Waals surface area contributed by atoms with Gasteiger partial charge in [0, 0.05) is 19.3 Å². The summed E-state index contributed by atoms with van der Waals surface area (Å²) in [4.78, 5) is 72.9. The molecule has 0 saturated carbocycles. The molecule has 0 aromatic rings. The third kappa shape index (κ3) is 73.0. The van der Waals surface area contributed by atoms with E-state index in [4.69, 9.17) is 37.0 Å². The second kappa shape index (κ2) is 74.0. The zero-order valence-corrected chi connectivity index (χ0v) is 65.0. The Balaban J connectivity index is 5.48. The van der Waals surface area contributed by atoms with Crippen LogP contribution in [0, 0.1) is 0 Å². The predicted octanol–water partition coefficient (Wildman–Crippen LogP) is 22.4. The SMILES string of the molecule is CC/C=C\C/C=C\C/C=C\C/C=C\C/C=C\CC(=O)OC(COC(=O)CCCCCC/C=C\C/C=C\C/C=C\C/C=C\CC)COP(=O)(O)OCC(O)COP(=O)(O)OCC(COC(=O)CCCCCCC/C=C\C/C=C\C/C=C\CC)OC(=O)CCCCCCC/C=C\CCCCCCCC. The van der Waals surface area contributed by atoms with E-state index in [-0.39, 0.29) is 25.7 Å². The lowest BCUT2D eigenvalue weighted by Gasteiger charge is -2.21. The van der Waals surface area contributed by atoms with E-state index in [1.807, 2.05) is 12.2 Å². The van der Waals surface area contributed by atoms with Crippen LogP contribution in [0.5, 0.6) is 0 Å². The predicted molar refractivity (Wildman–Crippen MR) is 417 cm³/mol. The number of hydrogen-bond donors (Lipinski definition) is 3. The average molecular weight is 1470 g/mol. The molecule has 0 amide bonds. The normalized spacial score (nSPS) is 14.8. The first-order valence-electron chi connectivity index (χ1n) is 38.7. The lowest BCUT2D eigenvalue weighted by atomic mass is 10.1. The molecular formula is C83H136O17P2. The maximum absolute atomic E-state index is 13.1. The third-order valence-electron chi connectivity index (χ3n) is 15.5. The second-order valence-corrected chi connectivity index (χ2v) is 28.1. The zero-order chi connectivity index (χ0) is 74.6. The maximum Gasteiger partial charge on any atom is 0.472 e. The molecule has 580 valence electrons. The summed E-state index contributed by atoms with van der Waals surface area (Å²) in [6.07, 6.45) is 85.5. The molecule has 5 unspecified atom stereocenters. The van der Waals surface area contributed by atoms with Crippen LogP contribution < -0.4 is 0 Å². The fraction of sp³-hybridized carbons (Fsp3) is 0.639. The van der Waals surface area contributed by atoms with Gasteiger partial charge in [-0.25, -0.2) is 9.13 Å². The number of rotatable bonds is 71. The van der Waals surface area contributed by atoms with Crippen molar-refractivity contribution in [1.29, 1.82) is 0 Å². The van der Waals surface area contributed by atoms with E-state index in [0.29, 0.717) is 25.7 Å². The summed E-state index contributed by atoms with van der Waals surface area (Å²) in [5.41, 5.74) is 0. The smallest absolute Gasteiger partial charge is 0.462 e. The molecule has 0 radical (unpaired) electrons. The highest BCUT2D eigenvalue weighted by molar-refractivity contribution is 7.47. The molecule has 0 saturated heterocycles. The van der Waals surface area contributed by atoms with Crippen molar-refractivity contribution in [2.75, 3.05) is 39.6 Å². The van der Waals surface area contributed by atoms with E-state index in [1.165, 1.54) is 38.5 Å². The molecule has 0 aromatic heterocycles. The van der Waals surface area contributed by atoms with Crippen LogP contribution in [0.1, 0.15) is 285 Å². The number of phosphoric acid groups is 2. The molecule has 17 nitrogen and oxygen atoms in total. The van der Waals surface area contributed by atoms with E-state index in [1.54, 1.807) is 12.2 Å². The van der Waals surface area contributed by atoms with Gasteiger partial charge >= 0.3 is 39.5 Å². The molecule has 3 N–H and O–H groups in total. The number of hydrogen-bond acceptors (Lipinski definition) is 15. The molecule has 0 spiro atoms. The van der Waals surface area contributed by atoms with Gasteiger partial charge in [-0.3, -0.25) is 37.3 Å². The van der Waals surface area contributed by atoms with Crippen molar-refractivity contribution in [2.45, 2.75) is 303 Å². The van der Waals surface area contributed by atoms with E-state index in [9.17, 15) is 43.2 Å². The summed E-state index contributed by atoms with van der Waals surface area (Å²) in [6, 6.07) is 0. The Kier molecular flexibility index (Phi) is 70.1. The van der Waals surface area contributed by atoms with Crippen molar-refractivity contribution in [1.82, 2.24) is 0 Å². The number of aliphatic hydroxyl groups excluding tert-OH is 1. The van der Waals surface area contributed by atoms with Crippen LogP contribution in [-0.2, 0) is 65.4 Å². The molecule has 0 aromatic carbocycles. The molecule has 0 fully saturated rings. The number of allylic oxidation sites excluding steroid dienone is 25. The van der Waals surface area contributed by atoms with Crippen LogP contribution >= 0.6 is 15.6 Å². The Morgan fingerprint density at radius 1 is 0.294 bits per heavy atom. The van der Waals surface area contributed by atoms with E-state index < -0.39 is 97.5 Å². The summed E-state index contributed by atoms with van der Waals surface area (Å²) in [5, 5.41) is 10.6. The highest BCUT2D eigenvalue weighted by Crippen LogP contribution is 2.45. The molecule has 0 heterocycles. The van der Waals surface area contributed by atoms with Gasteiger partial charge in [0.1, 0.15) is 19.3 Å². The van der Waals surface area contributed by atoms with Crippen LogP contribution in [-0.4, -0.2) is 96.7 Å². The monoisotopic (exact) mass is 1470 g/mol. The largest absolute Gasteiger partial charge is 0.472 e. The molecule has 0 aliphatic rings. The first-order chi connectivity index (χ1) is 49.7. The maximum atomic E-state index is 13.1. The van der Waals surface area contributed by atoms with E-state index in [0.717, 1.165) is 167 Å². The summed E-state index contributed by atoms with van der Waals surface area (Å²) >= 11 is 0. The van der Waals surface area contributed by atoms with Gasteiger partial charge in [-0.1, -0.05) is 269 Å². The number of aliphatic hydroxyl groups is 1. The summed E-state index contributed by atoms with van der Waals surface area (Å²) in [5.74, 6) is -2.39. The quantitative estimate of drug-likeness (QED) is 0.0169. The number of ether oxygens (including phenoxy) is 4. The topological polar surface area (TPSA) is 237 Å². The van der Waals surface area contributed by atoms with Crippen molar-refractivity contribution >= 4 is 39.5 Å². The molecule has 19 heteroatoms. The molecular weight excluding hydrogens is 1330 g/mol. The first kappa shape index (κ1) is 96.7. The van der Waals surface area contributed by atoms with Gasteiger partial charge in [0.05, 0.1) is 32.8 Å². The van der Waals surface area contributed by atoms with E-state index in [2.05, 4.69) is 161 Å². The number of esters is 4. The van der Waals surface area contributed by atoms with Crippen LogP contribution in [0.3, 0.4) is 0 Å². The van der Waals surface area contributed by atoms with Crippen molar-refractivity contribution in [2.24, 2.45) is 0 Å². The van der Waals surface area contributed by atoms with Crippen LogP contribution in [0.15, 0.2) is 158 Å². The number of phosphoric ester groups is 2. The van der Waals surface area contributed by atoms with Gasteiger partial charge in [-0.05, 0) is 148 Å². The highest BCUT2D eigenvalue weighted by Gasteiger charge is 2.30. The van der Waals surface area contributed by atoms with Gasteiger partial charge in [0.25, 0.3) is 0 Å². The Morgan fingerprint density at radius 2 is 0.549 bits per heavy atom. The van der Waals surface area contributed by atoms with Gasteiger partial charge in [0.2, 0.25) is 0 Å². The van der Waals surface area contributed by atoms with Crippen molar-refractivity contribution in [3.63, 3.8) is 0 Å². The number of carbonyl (C=O) groups excluding carboxylic acids is 4. The van der Waals surface area contributed by atoms with Gasteiger partial charge in [0.15, 0.2) is 12.2 Å². The van der Waals surface area contributed by atoms with Crippen LogP contribution in [0.25, 0.3) is 0 Å². The van der Waals surface area contributed by atoms with Crippen molar-refractivity contribution < 1.29 is 80.2 Å². The zero-order valence-electron chi connectivity index (χ0n) is 63.2. The van der Waals surface area contributed by atoms with Crippen molar-refractivity contribution in [3.8, 4) is 0 Å². The van der Waals surface area contributed by atoms with E-state index >= 15 is 0 Å². The Morgan fingerprint density at radius 3 is 0.882 bits per heavy atom. The van der Waals surface area contributed by atoms with Crippen LogP contribution in [0.4, 0.5) is 0 Å². The molecule has 102 heavy (non-hydrogen) atoms. The Bertz CT molecular complexity index is 2550. The standard InChI is InChI=1S/C83H136O17P2/c1-5-9-13-17-21-25-29-33-37-38-42-44-48-52-56-60-64-68-81(86)94-74-79(100-83(88)70-66-62-58-54-50-46-41-36-32-28-24-20-16-12-8-4)76-98-102(91,92)96-72-77(84)71-95-101(89,90)97-75-78(99-82(87)69-65-61-57-53-49-45-40-35-31-27-23-19-15-11-7-3)73-93-80(85)67-63-59-55-51-47-43-39-34-30-26-22-18-14-10-6-2/h9-10,12-14,16,21-22,24-26,28,33-37,39-42,44,50,54,62,66,77-79,84H,5-8,11,15,17-20,23,27,29-32,38,43,45-49,51-53,55-61,63-65,67-76H2,1-4H3,(H,89,90)(H,91,92)/b13-9-,14-10-,16-12-,25-21-,26-22-,28-24-,37-33-,39-34-,40-35-,41-36-,44-42-,54-50-,66-62-. The van der Waals surface area contributed by atoms with Gasteiger partial charge in [-0.2, -0.15) is 0 Å². The molecule has 0 aliphatic carbocycles. The molecule has 0 aliphatic heterocycles. The van der Waals surface area contributed by atoms with Gasteiger partial charge < -0.3 is 33.8 Å². The van der Waals surface area contributed by atoms with Crippen molar-refractivity contribution in [3.05, 3.63) is 158 Å². The lowest BCUT2D eigenvalue weighted by Crippen LogP contribution is -2.30.